The molecule has 3 heterocycles. The van der Waals surface area contributed by atoms with Gasteiger partial charge in [0.05, 0.1) is 4.87 Å². The third-order valence-electron chi connectivity index (χ3n) is 3.96. The van der Waals surface area contributed by atoms with Crippen LogP contribution in [0.5, 0.6) is 0 Å². The lowest BCUT2D eigenvalue weighted by atomic mass is 10.2. The quantitative estimate of drug-likeness (QED) is 0.814. The summed E-state index contributed by atoms with van der Waals surface area (Å²) in [4.78, 5) is 37.2. The van der Waals surface area contributed by atoms with Crippen LogP contribution in [0.1, 0.15) is 25.5 Å². The number of nitrogens with zero attached hydrogens (tertiary/aromatic N) is 2. The van der Waals surface area contributed by atoms with Crippen LogP contribution >= 0.6 is 11.8 Å². The lowest BCUT2D eigenvalue weighted by molar-refractivity contribution is -0.155. The number of esters is 1. The number of aromatic nitrogens is 1. The average molecular weight is 339 g/mol. The highest BCUT2D eigenvalue weighted by Gasteiger charge is 2.53. The maximum Gasteiger partial charge on any atom is 0.330 e. The van der Waals surface area contributed by atoms with Crippen molar-refractivity contribution >= 4 is 35.4 Å². The van der Waals surface area contributed by atoms with E-state index in [1.54, 1.807) is 29.7 Å². The number of rotatable bonds is 4. The van der Waals surface area contributed by atoms with Gasteiger partial charge in [0.15, 0.2) is 12.4 Å². The first-order valence-electron chi connectivity index (χ1n) is 7.25. The van der Waals surface area contributed by atoms with E-state index < -0.39 is 24.5 Å². The number of thioether (sulfide) groups is 1. The maximum atomic E-state index is 12.2. The fraction of sp³-hybridized carbons (Fsp3) is 0.571. The summed E-state index contributed by atoms with van der Waals surface area (Å²) in [7, 11) is 0. The SMILES string of the molecule is Cc1cc(NC(=O)COC(=O)[C@@H]2CS[C@]3(C)CCC(=O)N23)no1. The van der Waals surface area contributed by atoms with Gasteiger partial charge in [-0.05, 0) is 20.3 Å². The number of carbonyl (C=O) groups excluding carboxylic acids is 3. The molecule has 8 nitrogen and oxygen atoms in total. The van der Waals surface area contributed by atoms with E-state index in [2.05, 4.69) is 10.5 Å². The van der Waals surface area contributed by atoms with Crippen molar-refractivity contribution in [2.45, 2.75) is 37.6 Å². The Labute approximate surface area is 136 Å². The molecule has 9 heteroatoms. The fourth-order valence-corrected chi connectivity index (χ4v) is 4.25. The van der Waals surface area contributed by atoms with Gasteiger partial charge >= 0.3 is 5.97 Å². The normalized spacial score (nSPS) is 26.3. The molecule has 0 bridgehead atoms. The van der Waals surface area contributed by atoms with Gasteiger partial charge in [-0.3, -0.25) is 9.59 Å². The van der Waals surface area contributed by atoms with Crippen molar-refractivity contribution in [3.8, 4) is 0 Å². The van der Waals surface area contributed by atoms with Crippen molar-refractivity contribution in [2.75, 3.05) is 17.7 Å². The van der Waals surface area contributed by atoms with Gasteiger partial charge in [0.1, 0.15) is 11.8 Å². The molecule has 2 aliphatic heterocycles. The lowest BCUT2D eigenvalue weighted by Crippen LogP contribution is -2.47. The Kier molecular flexibility index (Phi) is 4.05. The van der Waals surface area contributed by atoms with Gasteiger partial charge in [-0.25, -0.2) is 4.79 Å². The summed E-state index contributed by atoms with van der Waals surface area (Å²) in [6, 6.07) is 0.934. The van der Waals surface area contributed by atoms with Gasteiger partial charge in [0, 0.05) is 18.2 Å². The minimum Gasteiger partial charge on any atom is -0.454 e. The molecule has 0 spiro atoms. The van der Waals surface area contributed by atoms with Crippen LogP contribution in [-0.4, -0.2) is 51.1 Å². The van der Waals surface area contributed by atoms with Crippen LogP contribution < -0.4 is 5.32 Å². The Morgan fingerprint density at radius 3 is 3.09 bits per heavy atom. The van der Waals surface area contributed by atoms with Crippen molar-refractivity contribution in [1.82, 2.24) is 10.1 Å². The largest absolute Gasteiger partial charge is 0.454 e. The summed E-state index contributed by atoms with van der Waals surface area (Å²) in [5.74, 6) is 0.220. The van der Waals surface area contributed by atoms with Crippen molar-refractivity contribution in [2.24, 2.45) is 0 Å². The monoisotopic (exact) mass is 339 g/mol. The molecule has 0 saturated carbocycles. The van der Waals surface area contributed by atoms with Crippen molar-refractivity contribution < 1.29 is 23.6 Å². The van der Waals surface area contributed by atoms with E-state index >= 15 is 0 Å². The maximum absolute atomic E-state index is 12.2. The van der Waals surface area contributed by atoms with Crippen molar-refractivity contribution in [3.05, 3.63) is 11.8 Å². The Morgan fingerprint density at radius 2 is 2.39 bits per heavy atom. The average Bonchev–Trinajstić information content (AvgIpc) is 3.13. The number of hydrogen-bond acceptors (Lipinski definition) is 7. The Hall–Kier alpha value is -2.03. The number of aryl methyl sites for hydroxylation is 1. The number of carbonyl (C=O) groups is 3. The molecule has 2 atom stereocenters. The van der Waals surface area contributed by atoms with Gasteiger partial charge in [-0.15, -0.1) is 11.8 Å². The van der Waals surface area contributed by atoms with Crippen LogP contribution in [0.15, 0.2) is 10.6 Å². The van der Waals surface area contributed by atoms with E-state index in [9.17, 15) is 14.4 Å². The number of ether oxygens (including phenoxy) is 1. The van der Waals surface area contributed by atoms with Crippen LogP contribution in [0.4, 0.5) is 5.82 Å². The van der Waals surface area contributed by atoms with Gasteiger partial charge in [-0.1, -0.05) is 5.16 Å². The first kappa shape index (κ1) is 15.9. The first-order valence-corrected chi connectivity index (χ1v) is 8.23. The molecule has 0 aromatic carbocycles. The van der Waals surface area contributed by atoms with Crippen LogP contribution in [0.25, 0.3) is 0 Å². The standard InChI is InChI=1S/C14H17N3O5S/c1-8-5-10(16-22-8)15-11(18)6-21-13(20)9-7-23-14(2)4-3-12(19)17(9)14/h5,9H,3-4,6-7H2,1-2H3,(H,15,16,18)/t9-,14+/m0/s1. The summed E-state index contributed by atoms with van der Waals surface area (Å²) in [6.45, 7) is 3.23. The molecule has 23 heavy (non-hydrogen) atoms. The second kappa shape index (κ2) is 5.88. The molecule has 0 unspecified atom stereocenters. The van der Waals surface area contributed by atoms with E-state index in [1.165, 1.54) is 0 Å². The van der Waals surface area contributed by atoms with Crippen LogP contribution in [0.3, 0.4) is 0 Å². The van der Waals surface area contributed by atoms with Crippen molar-refractivity contribution in [1.29, 1.82) is 0 Å². The third kappa shape index (κ3) is 3.05. The summed E-state index contributed by atoms with van der Waals surface area (Å²) in [5.41, 5.74) is 0. The number of hydrogen-bond donors (Lipinski definition) is 1. The highest BCUT2D eigenvalue weighted by molar-refractivity contribution is 8.01. The first-order chi connectivity index (χ1) is 10.9. The number of amides is 2. The molecule has 124 valence electrons. The zero-order valence-corrected chi connectivity index (χ0v) is 13.6. The number of fused-ring (bicyclic) bond motifs is 1. The molecular weight excluding hydrogens is 322 g/mol. The van der Waals surface area contributed by atoms with Crippen molar-refractivity contribution in [3.63, 3.8) is 0 Å². The molecule has 1 aromatic rings. The molecule has 2 amide bonds. The molecule has 2 saturated heterocycles. The topological polar surface area (TPSA) is 102 Å². The van der Waals surface area contributed by atoms with Crippen LogP contribution in [-0.2, 0) is 19.1 Å². The van der Waals surface area contributed by atoms with Gasteiger partial charge in [-0.2, -0.15) is 0 Å². The second-order valence-corrected chi connectivity index (χ2v) is 7.25. The summed E-state index contributed by atoms with van der Waals surface area (Å²) >= 11 is 1.58. The number of anilines is 1. The third-order valence-corrected chi connectivity index (χ3v) is 5.46. The molecule has 3 rings (SSSR count). The minimum absolute atomic E-state index is 0.0398. The summed E-state index contributed by atoms with van der Waals surface area (Å²) in [6.07, 6.45) is 1.17. The number of nitrogens with one attached hydrogen (secondary N) is 1. The highest BCUT2D eigenvalue weighted by Crippen LogP contribution is 2.47. The molecule has 2 fully saturated rings. The zero-order chi connectivity index (χ0) is 16.6. The highest BCUT2D eigenvalue weighted by atomic mass is 32.2. The molecule has 1 aromatic heterocycles. The minimum atomic E-state index is -0.623. The fourth-order valence-electron chi connectivity index (χ4n) is 2.83. The van der Waals surface area contributed by atoms with Gasteiger partial charge in [0.25, 0.3) is 5.91 Å². The van der Waals surface area contributed by atoms with E-state index in [4.69, 9.17) is 9.26 Å². The Bertz CT molecular complexity index is 661. The predicted molar refractivity (Wildman–Crippen MR) is 81.6 cm³/mol. The zero-order valence-electron chi connectivity index (χ0n) is 12.8. The molecule has 0 radical (unpaired) electrons. The molecule has 0 aliphatic carbocycles. The summed E-state index contributed by atoms with van der Waals surface area (Å²) in [5, 5.41) is 6.08. The smallest absolute Gasteiger partial charge is 0.330 e. The Balaban J connectivity index is 1.53. The van der Waals surface area contributed by atoms with Gasteiger partial charge < -0.3 is 19.5 Å². The molecule has 1 N–H and O–H groups in total. The van der Waals surface area contributed by atoms with E-state index in [0.717, 1.165) is 6.42 Å². The van der Waals surface area contributed by atoms with E-state index in [1.807, 2.05) is 6.92 Å². The predicted octanol–water partition coefficient (Wildman–Crippen LogP) is 0.919. The molecule has 2 aliphatic rings. The lowest BCUT2D eigenvalue weighted by Gasteiger charge is -2.29. The van der Waals surface area contributed by atoms with Crippen LogP contribution in [0.2, 0.25) is 0 Å². The van der Waals surface area contributed by atoms with Crippen LogP contribution in [0, 0.1) is 6.92 Å². The second-order valence-electron chi connectivity index (χ2n) is 5.74. The van der Waals surface area contributed by atoms with Gasteiger partial charge in [0.2, 0.25) is 5.91 Å². The van der Waals surface area contributed by atoms with E-state index in [-0.39, 0.29) is 16.6 Å². The summed E-state index contributed by atoms with van der Waals surface area (Å²) < 4.78 is 9.87. The molecular formula is C14H17N3O5S. The van der Waals surface area contributed by atoms with E-state index in [0.29, 0.717) is 17.9 Å². The Morgan fingerprint density at radius 1 is 1.61 bits per heavy atom.